The number of aryl methyl sites for hydroxylation is 2. The van der Waals surface area contributed by atoms with E-state index in [1.165, 1.54) is 31.5 Å². The number of benzene rings is 1. The molecule has 1 N–H and O–H groups in total. The van der Waals surface area contributed by atoms with E-state index in [1.54, 1.807) is 11.3 Å². The second-order valence-corrected chi connectivity index (χ2v) is 8.59. The van der Waals surface area contributed by atoms with Gasteiger partial charge in [-0.2, -0.15) is 0 Å². The van der Waals surface area contributed by atoms with E-state index in [2.05, 4.69) is 50.7 Å². The quantitative estimate of drug-likeness (QED) is 0.486. The van der Waals surface area contributed by atoms with Crippen LogP contribution in [0.25, 0.3) is 21.3 Å². The third kappa shape index (κ3) is 3.75. The molecular formula is C22H23N5OS. The molecule has 1 aromatic carbocycles. The van der Waals surface area contributed by atoms with Crippen LogP contribution in [0.2, 0.25) is 0 Å². The number of aromatic nitrogens is 3. The molecule has 0 radical (unpaired) electrons. The molecule has 148 valence electrons. The Kier molecular flexibility index (Phi) is 4.77. The van der Waals surface area contributed by atoms with Gasteiger partial charge in [-0.15, -0.1) is 0 Å². The van der Waals surface area contributed by atoms with Gasteiger partial charge in [0.15, 0.2) is 5.13 Å². The summed E-state index contributed by atoms with van der Waals surface area (Å²) in [6.45, 7) is 7.28. The van der Waals surface area contributed by atoms with Crippen molar-refractivity contribution in [2.75, 3.05) is 18.4 Å². The summed E-state index contributed by atoms with van der Waals surface area (Å²) in [5.74, 6) is 1.68. The minimum atomic E-state index is 0.837. The van der Waals surface area contributed by atoms with Gasteiger partial charge in [-0.25, -0.2) is 9.97 Å². The number of anilines is 2. The van der Waals surface area contributed by atoms with Crippen molar-refractivity contribution in [2.24, 2.45) is 0 Å². The second kappa shape index (κ2) is 7.57. The molecule has 0 amide bonds. The van der Waals surface area contributed by atoms with Gasteiger partial charge in [0.2, 0.25) is 0 Å². The smallest absolute Gasteiger partial charge is 0.189 e. The summed E-state index contributed by atoms with van der Waals surface area (Å²) in [7, 11) is 0. The van der Waals surface area contributed by atoms with Crippen molar-refractivity contribution in [3.8, 4) is 11.1 Å². The Morgan fingerprint density at radius 1 is 1.14 bits per heavy atom. The number of hydrogen-bond acceptors (Lipinski definition) is 7. The maximum absolute atomic E-state index is 5.32. The SMILES string of the molecule is Cc1noc(C)c1-c1ccc2nc(Nc3cc(CN4CCCC4)ccn3)sc2c1. The first kappa shape index (κ1) is 18.3. The lowest BCUT2D eigenvalue weighted by Gasteiger charge is -2.14. The fourth-order valence-electron chi connectivity index (χ4n) is 3.98. The number of pyridine rings is 1. The van der Waals surface area contributed by atoms with Crippen molar-refractivity contribution in [3.63, 3.8) is 0 Å². The zero-order chi connectivity index (χ0) is 19.8. The molecule has 4 heterocycles. The number of nitrogens with one attached hydrogen (secondary N) is 1. The average molecular weight is 406 g/mol. The van der Waals surface area contributed by atoms with Gasteiger partial charge in [-0.1, -0.05) is 22.6 Å². The van der Waals surface area contributed by atoms with E-state index in [0.29, 0.717) is 0 Å². The molecule has 29 heavy (non-hydrogen) atoms. The zero-order valence-corrected chi connectivity index (χ0v) is 17.4. The molecule has 1 saturated heterocycles. The van der Waals surface area contributed by atoms with Crippen LogP contribution in [-0.2, 0) is 6.54 Å². The summed E-state index contributed by atoms with van der Waals surface area (Å²) >= 11 is 1.63. The van der Waals surface area contributed by atoms with Gasteiger partial charge in [0, 0.05) is 18.3 Å². The molecule has 0 saturated carbocycles. The summed E-state index contributed by atoms with van der Waals surface area (Å²) in [6, 6.07) is 10.5. The molecule has 0 spiro atoms. The van der Waals surface area contributed by atoms with Crippen molar-refractivity contribution < 1.29 is 4.52 Å². The van der Waals surface area contributed by atoms with Gasteiger partial charge in [-0.3, -0.25) is 4.90 Å². The molecular weight excluding hydrogens is 382 g/mol. The topological polar surface area (TPSA) is 67.1 Å². The second-order valence-electron chi connectivity index (χ2n) is 7.56. The molecule has 5 rings (SSSR count). The molecule has 4 aromatic rings. The molecule has 6 nitrogen and oxygen atoms in total. The first-order chi connectivity index (χ1) is 14.2. The van der Waals surface area contributed by atoms with Crippen LogP contribution in [0.4, 0.5) is 10.9 Å². The first-order valence-corrected chi connectivity index (χ1v) is 10.8. The normalized spacial score (nSPS) is 14.7. The third-order valence-corrected chi connectivity index (χ3v) is 6.31. The van der Waals surface area contributed by atoms with E-state index in [0.717, 1.165) is 50.3 Å². The predicted molar refractivity (Wildman–Crippen MR) is 117 cm³/mol. The van der Waals surface area contributed by atoms with Crippen LogP contribution in [0.5, 0.6) is 0 Å². The predicted octanol–water partition coefficient (Wildman–Crippen LogP) is 5.30. The van der Waals surface area contributed by atoms with E-state index in [4.69, 9.17) is 9.51 Å². The lowest BCUT2D eigenvalue weighted by atomic mass is 10.0. The molecule has 1 aliphatic rings. The zero-order valence-electron chi connectivity index (χ0n) is 16.6. The van der Waals surface area contributed by atoms with Crippen LogP contribution < -0.4 is 5.32 Å². The fourth-order valence-corrected chi connectivity index (χ4v) is 4.89. The fraction of sp³-hybridized carbons (Fsp3) is 0.318. The van der Waals surface area contributed by atoms with E-state index in [9.17, 15) is 0 Å². The molecule has 0 unspecified atom stereocenters. The number of nitrogens with zero attached hydrogens (tertiary/aromatic N) is 4. The Morgan fingerprint density at radius 2 is 2.00 bits per heavy atom. The third-order valence-electron chi connectivity index (χ3n) is 5.37. The Balaban J connectivity index is 1.38. The standard InChI is InChI=1S/C22H23N5OS/c1-14-21(15(2)28-26-14)17-5-6-18-19(12-17)29-22(24-18)25-20-11-16(7-8-23-20)13-27-9-3-4-10-27/h5-8,11-12H,3-4,9-10,13H2,1-2H3,(H,23,24,25). The number of hydrogen-bond donors (Lipinski definition) is 1. The van der Waals surface area contributed by atoms with E-state index in [-0.39, 0.29) is 0 Å². The molecule has 1 fully saturated rings. The summed E-state index contributed by atoms with van der Waals surface area (Å²) < 4.78 is 6.44. The number of thiazole rings is 1. The minimum Gasteiger partial charge on any atom is -0.361 e. The number of fused-ring (bicyclic) bond motifs is 1. The summed E-state index contributed by atoms with van der Waals surface area (Å²) in [5, 5.41) is 8.30. The van der Waals surface area contributed by atoms with Gasteiger partial charge in [0.25, 0.3) is 0 Å². The highest BCUT2D eigenvalue weighted by molar-refractivity contribution is 7.22. The molecule has 0 atom stereocenters. The van der Waals surface area contributed by atoms with Gasteiger partial charge < -0.3 is 9.84 Å². The van der Waals surface area contributed by atoms with E-state index < -0.39 is 0 Å². The molecule has 0 bridgehead atoms. The highest BCUT2D eigenvalue weighted by Gasteiger charge is 2.14. The van der Waals surface area contributed by atoms with Crippen LogP contribution in [0.15, 0.2) is 41.1 Å². The average Bonchev–Trinajstić information content (AvgIpc) is 3.42. The van der Waals surface area contributed by atoms with Crippen molar-refractivity contribution >= 4 is 32.5 Å². The highest BCUT2D eigenvalue weighted by Crippen LogP contribution is 2.34. The molecule has 3 aromatic heterocycles. The van der Waals surface area contributed by atoms with Gasteiger partial charge in [0.05, 0.1) is 15.9 Å². The van der Waals surface area contributed by atoms with Crippen LogP contribution in [0.3, 0.4) is 0 Å². The summed E-state index contributed by atoms with van der Waals surface area (Å²) in [4.78, 5) is 11.7. The van der Waals surface area contributed by atoms with Crippen molar-refractivity contribution in [2.45, 2.75) is 33.2 Å². The van der Waals surface area contributed by atoms with Crippen LogP contribution in [-0.4, -0.2) is 33.1 Å². The Labute approximate surface area is 173 Å². The Morgan fingerprint density at radius 3 is 2.79 bits per heavy atom. The molecule has 0 aliphatic carbocycles. The van der Waals surface area contributed by atoms with Gasteiger partial charge in [-0.05, 0) is 75.2 Å². The van der Waals surface area contributed by atoms with Crippen LogP contribution in [0, 0.1) is 13.8 Å². The van der Waals surface area contributed by atoms with Crippen LogP contribution >= 0.6 is 11.3 Å². The minimum absolute atomic E-state index is 0.837. The first-order valence-electron chi connectivity index (χ1n) is 9.94. The maximum atomic E-state index is 5.32. The van der Waals surface area contributed by atoms with E-state index in [1.807, 2.05) is 20.0 Å². The largest absolute Gasteiger partial charge is 0.361 e. The highest BCUT2D eigenvalue weighted by atomic mass is 32.1. The summed E-state index contributed by atoms with van der Waals surface area (Å²) in [5.41, 5.74) is 5.33. The monoisotopic (exact) mass is 405 g/mol. The van der Waals surface area contributed by atoms with E-state index >= 15 is 0 Å². The summed E-state index contributed by atoms with van der Waals surface area (Å²) in [6.07, 6.45) is 4.48. The van der Waals surface area contributed by atoms with Crippen molar-refractivity contribution in [1.29, 1.82) is 0 Å². The lowest BCUT2D eigenvalue weighted by Crippen LogP contribution is -2.18. The number of likely N-dealkylation sites (tertiary alicyclic amines) is 1. The molecule has 1 aliphatic heterocycles. The Hall–Kier alpha value is -2.77. The van der Waals surface area contributed by atoms with Crippen molar-refractivity contribution in [3.05, 3.63) is 53.5 Å². The molecule has 7 heteroatoms. The Bertz CT molecular complexity index is 1140. The maximum Gasteiger partial charge on any atom is 0.189 e. The van der Waals surface area contributed by atoms with Gasteiger partial charge >= 0.3 is 0 Å². The van der Waals surface area contributed by atoms with Gasteiger partial charge in [0.1, 0.15) is 11.6 Å². The van der Waals surface area contributed by atoms with Crippen molar-refractivity contribution in [1.82, 2.24) is 20.0 Å². The van der Waals surface area contributed by atoms with Crippen LogP contribution in [0.1, 0.15) is 29.9 Å². The lowest BCUT2D eigenvalue weighted by molar-refractivity contribution is 0.331. The number of rotatable bonds is 5.